The summed E-state index contributed by atoms with van der Waals surface area (Å²) in [6, 6.07) is 0.0805. The van der Waals surface area contributed by atoms with Gasteiger partial charge in [-0.25, -0.2) is 0 Å². The molecule has 0 aliphatic heterocycles. The second kappa shape index (κ2) is 6.26. The van der Waals surface area contributed by atoms with Gasteiger partial charge in [-0.3, -0.25) is 4.79 Å². The van der Waals surface area contributed by atoms with Crippen molar-refractivity contribution in [1.82, 2.24) is 0 Å². The smallest absolute Gasteiger partial charge is 0.137 e. The van der Waals surface area contributed by atoms with E-state index in [0.717, 1.165) is 19.3 Å². The molecule has 3 unspecified atom stereocenters. The number of Topliss-reactive ketones (excluding diaryl/α,β-unsaturated/α-hetero) is 1. The number of carbonyl (C=O) groups is 1. The van der Waals surface area contributed by atoms with Crippen molar-refractivity contribution in [3.05, 3.63) is 0 Å². The molecule has 1 aliphatic carbocycles. The highest BCUT2D eigenvalue weighted by Crippen LogP contribution is 2.33. The van der Waals surface area contributed by atoms with E-state index in [9.17, 15) is 4.79 Å². The van der Waals surface area contributed by atoms with Gasteiger partial charge in [0.1, 0.15) is 5.78 Å². The maximum atomic E-state index is 12.1. The summed E-state index contributed by atoms with van der Waals surface area (Å²) in [5.41, 5.74) is 5.85. The molecule has 1 rings (SSSR count). The average molecular weight is 211 g/mol. The number of rotatable bonds is 5. The quantitative estimate of drug-likeness (QED) is 0.760. The van der Waals surface area contributed by atoms with Gasteiger partial charge >= 0.3 is 0 Å². The van der Waals surface area contributed by atoms with Crippen LogP contribution >= 0.6 is 0 Å². The standard InChI is InChI=1S/C13H25NO/c1-3-10-7-5-6-8-12(10)13(15)9-11(14)4-2/h10-12H,3-9,14H2,1-2H3. The first-order chi connectivity index (χ1) is 7.19. The largest absolute Gasteiger partial charge is 0.327 e. The zero-order valence-electron chi connectivity index (χ0n) is 10.2. The van der Waals surface area contributed by atoms with Gasteiger partial charge in [-0.1, -0.05) is 33.1 Å². The zero-order chi connectivity index (χ0) is 11.3. The van der Waals surface area contributed by atoms with Crippen LogP contribution in [-0.2, 0) is 4.79 Å². The average Bonchev–Trinajstić information content (AvgIpc) is 2.28. The van der Waals surface area contributed by atoms with Crippen molar-refractivity contribution in [1.29, 1.82) is 0 Å². The van der Waals surface area contributed by atoms with Crippen LogP contribution in [-0.4, -0.2) is 11.8 Å². The minimum Gasteiger partial charge on any atom is -0.327 e. The molecule has 1 fully saturated rings. The summed E-state index contributed by atoms with van der Waals surface area (Å²) in [6.45, 7) is 4.26. The molecular formula is C13H25NO. The van der Waals surface area contributed by atoms with Gasteiger partial charge in [0.25, 0.3) is 0 Å². The Bertz CT molecular complexity index is 203. The summed E-state index contributed by atoms with van der Waals surface area (Å²) in [5, 5.41) is 0. The Balaban J connectivity index is 2.48. The third-order valence-corrected chi connectivity index (χ3v) is 3.83. The van der Waals surface area contributed by atoms with Crippen molar-refractivity contribution >= 4 is 5.78 Å². The molecule has 2 N–H and O–H groups in total. The lowest BCUT2D eigenvalue weighted by Crippen LogP contribution is -2.32. The van der Waals surface area contributed by atoms with Crippen LogP contribution < -0.4 is 5.73 Å². The van der Waals surface area contributed by atoms with E-state index in [2.05, 4.69) is 13.8 Å². The minimum atomic E-state index is 0.0805. The first-order valence-corrected chi connectivity index (χ1v) is 6.47. The predicted molar refractivity (Wildman–Crippen MR) is 63.6 cm³/mol. The molecule has 0 spiro atoms. The van der Waals surface area contributed by atoms with Crippen LogP contribution in [0.4, 0.5) is 0 Å². The first-order valence-electron chi connectivity index (χ1n) is 6.47. The molecule has 2 nitrogen and oxygen atoms in total. The van der Waals surface area contributed by atoms with Crippen molar-refractivity contribution in [3.63, 3.8) is 0 Å². The molecule has 0 aromatic heterocycles. The van der Waals surface area contributed by atoms with Crippen LogP contribution in [0.5, 0.6) is 0 Å². The summed E-state index contributed by atoms with van der Waals surface area (Å²) in [7, 11) is 0. The van der Waals surface area contributed by atoms with Crippen molar-refractivity contribution in [3.8, 4) is 0 Å². The van der Waals surface area contributed by atoms with E-state index in [1.54, 1.807) is 0 Å². The Morgan fingerprint density at radius 1 is 1.33 bits per heavy atom. The minimum absolute atomic E-state index is 0.0805. The molecule has 1 saturated carbocycles. The summed E-state index contributed by atoms with van der Waals surface area (Å²) >= 11 is 0. The van der Waals surface area contributed by atoms with E-state index in [1.165, 1.54) is 19.3 Å². The Hall–Kier alpha value is -0.370. The van der Waals surface area contributed by atoms with Crippen LogP contribution in [0.15, 0.2) is 0 Å². The van der Waals surface area contributed by atoms with Crippen molar-refractivity contribution < 1.29 is 4.79 Å². The molecule has 0 bridgehead atoms. The first kappa shape index (κ1) is 12.7. The Morgan fingerprint density at radius 2 is 2.00 bits per heavy atom. The van der Waals surface area contributed by atoms with E-state index in [4.69, 9.17) is 5.73 Å². The Labute approximate surface area is 93.6 Å². The molecular weight excluding hydrogens is 186 g/mol. The van der Waals surface area contributed by atoms with Gasteiger partial charge in [0.2, 0.25) is 0 Å². The molecule has 0 heterocycles. The Kier molecular flexibility index (Phi) is 5.30. The summed E-state index contributed by atoms with van der Waals surface area (Å²) < 4.78 is 0. The molecule has 3 atom stereocenters. The maximum Gasteiger partial charge on any atom is 0.137 e. The number of hydrogen-bond donors (Lipinski definition) is 1. The number of hydrogen-bond acceptors (Lipinski definition) is 2. The van der Waals surface area contributed by atoms with Crippen molar-refractivity contribution in [2.75, 3.05) is 0 Å². The SMILES string of the molecule is CCC(N)CC(=O)C1CCCCC1CC. The van der Waals surface area contributed by atoms with Crippen LogP contribution in [0, 0.1) is 11.8 Å². The van der Waals surface area contributed by atoms with Crippen LogP contribution in [0.1, 0.15) is 58.8 Å². The fourth-order valence-electron chi connectivity index (χ4n) is 2.67. The molecule has 88 valence electrons. The van der Waals surface area contributed by atoms with Gasteiger partial charge in [0, 0.05) is 18.4 Å². The summed E-state index contributed by atoms with van der Waals surface area (Å²) in [6.07, 6.45) is 7.54. The summed E-state index contributed by atoms with van der Waals surface area (Å²) in [4.78, 5) is 12.1. The van der Waals surface area contributed by atoms with Crippen LogP contribution in [0.3, 0.4) is 0 Å². The Morgan fingerprint density at radius 3 is 2.60 bits per heavy atom. The predicted octanol–water partition coefficient (Wildman–Crippen LogP) is 2.90. The lowest BCUT2D eigenvalue weighted by molar-refractivity contribution is -0.126. The van der Waals surface area contributed by atoms with E-state index in [0.29, 0.717) is 24.0 Å². The van der Waals surface area contributed by atoms with Crippen molar-refractivity contribution in [2.24, 2.45) is 17.6 Å². The molecule has 0 amide bonds. The van der Waals surface area contributed by atoms with Gasteiger partial charge < -0.3 is 5.73 Å². The highest BCUT2D eigenvalue weighted by Gasteiger charge is 2.29. The molecule has 0 aromatic rings. The van der Waals surface area contributed by atoms with Gasteiger partial charge in [-0.05, 0) is 25.2 Å². The lowest BCUT2D eigenvalue weighted by atomic mass is 9.74. The molecule has 15 heavy (non-hydrogen) atoms. The zero-order valence-corrected chi connectivity index (χ0v) is 10.2. The topological polar surface area (TPSA) is 43.1 Å². The molecule has 0 saturated heterocycles. The van der Waals surface area contributed by atoms with Crippen LogP contribution in [0.2, 0.25) is 0 Å². The lowest BCUT2D eigenvalue weighted by Gasteiger charge is -2.30. The molecule has 1 aliphatic rings. The number of nitrogens with two attached hydrogens (primary N) is 1. The number of carbonyl (C=O) groups excluding carboxylic acids is 1. The van der Waals surface area contributed by atoms with E-state index in [-0.39, 0.29) is 6.04 Å². The normalized spacial score (nSPS) is 28.7. The molecule has 0 aromatic carbocycles. The fraction of sp³-hybridized carbons (Fsp3) is 0.923. The highest BCUT2D eigenvalue weighted by atomic mass is 16.1. The van der Waals surface area contributed by atoms with Crippen molar-refractivity contribution in [2.45, 2.75) is 64.8 Å². The highest BCUT2D eigenvalue weighted by molar-refractivity contribution is 5.81. The van der Waals surface area contributed by atoms with Crippen LogP contribution in [0.25, 0.3) is 0 Å². The summed E-state index contributed by atoms with van der Waals surface area (Å²) in [5.74, 6) is 1.38. The maximum absolute atomic E-state index is 12.1. The van der Waals surface area contributed by atoms with E-state index in [1.807, 2.05) is 0 Å². The van der Waals surface area contributed by atoms with Gasteiger partial charge in [0.15, 0.2) is 0 Å². The number of ketones is 1. The third kappa shape index (κ3) is 3.60. The monoisotopic (exact) mass is 211 g/mol. The second-order valence-corrected chi connectivity index (χ2v) is 4.90. The fourth-order valence-corrected chi connectivity index (χ4v) is 2.67. The van der Waals surface area contributed by atoms with E-state index >= 15 is 0 Å². The van der Waals surface area contributed by atoms with Gasteiger partial charge in [-0.15, -0.1) is 0 Å². The van der Waals surface area contributed by atoms with Gasteiger partial charge in [0.05, 0.1) is 0 Å². The molecule has 0 radical (unpaired) electrons. The third-order valence-electron chi connectivity index (χ3n) is 3.83. The van der Waals surface area contributed by atoms with Gasteiger partial charge in [-0.2, -0.15) is 0 Å². The molecule has 2 heteroatoms. The van der Waals surface area contributed by atoms with E-state index < -0.39 is 0 Å². The second-order valence-electron chi connectivity index (χ2n) is 4.90.